The molecular weight excluding hydrogens is 192 g/mol. The van der Waals surface area contributed by atoms with E-state index in [1.807, 2.05) is 12.2 Å². The van der Waals surface area contributed by atoms with Crippen molar-refractivity contribution in [2.45, 2.75) is 12.5 Å². The van der Waals surface area contributed by atoms with Gasteiger partial charge in [0.2, 0.25) is 5.91 Å². The third-order valence-corrected chi connectivity index (χ3v) is 2.53. The molecule has 1 aromatic rings. The van der Waals surface area contributed by atoms with E-state index in [-0.39, 0.29) is 17.9 Å². The summed E-state index contributed by atoms with van der Waals surface area (Å²) in [6.07, 6.45) is 6.05. The lowest BCUT2D eigenvalue weighted by molar-refractivity contribution is -0.118. The van der Waals surface area contributed by atoms with E-state index in [0.717, 1.165) is 0 Å². The van der Waals surface area contributed by atoms with E-state index in [1.54, 1.807) is 24.0 Å². The van der Waals surface area contributed by atoms with Crippen LogP contribution in [0.5, 0.6) is 0 Å². The van der Waals surface area contributed by atoms with Gasteiger partial charge in [0.05, 0.1) is 12.1 Å². The fourth-order valence-corrected chi connectivity index (χ4v) is 1.64. The van der Waals surface area contributed by atoms with Gasteiger partial charge >= 0.3 is 0 Å². The van der Waals surface area contributed by atoms with E-state index in [4.69, 9.17) is 5.73 Å². The molecule has 1 aliphatic carbocycles. The van der Waals surface area contributed by atoms with Gasteiger partial charge in [0.15, 0.2) is 0 Å². The normalized spacial score (nSPS) is 24.4. The Hall–Kier alpha value is -1.62. The Morgan fingerprint density at radius 3 is 3.00 bits per heavy atom. The molecule has 0 saturated carbocycles. The maximum absolute atomic E-state index is 11.8. The van der Waals surface area contributed by atoms with Crippen LogP contribution >= 0.6 is 0 Å². The van der Waals surface area contributed by atoms with Crippen LogP contribution in [0.25, 0.3) is 0 Å². The smallest absolute Gasteiger partial charge is 0.232 e. The highest BCUT2D eigenvalue weighted by atomic mass is 16.2. The number of hydrogen-bond acceptors (Lipinski definition) is 3. The molecule has 1 aliphatic rings. The molecule has 2 rings (SSSR count). The lowest BCUT2D eigenvalue weighted by Gasteiger charge is -2.10. The predicted molar refractivity (Wildman–Crippen MR) is 57.1 cm³/mol. The first-order chi connectivity index (χ1) is 7.16. The van der Waals surface area contributed by atoms with Gasteiger partial charge in [0.25, 0.3) is 0 Å². The standard InChI is InChI=1S/C10H14N4O/c1-14-9(4-5-12-14)13-10(15)7-2-3-8(11)6-7/h2-5,7-8H,6,11H2,1H3,(H,13,15). The van der Waals surface area contributed by atoms with Crippen LogP contribution in [0, 0.1) is 5.92 Å². The highest BCUT2D eigenvalue weighted by molar-refractivity contribution is 5.93. The van der Waals surface area contributed by atoms with Crippen molar-refractivity contribution in [1.82, 2.24) is 9.78 Å². The third kappa shape index (κ3) is 2.07. The van der Waals surface area contributed by atoms with Crippen molar-refractivity contribution in [3.05, 3.63) is 24.4 Å². The number of rotatable bonds is 2. The van der Waals surface area contributed by atoms with Crippen LogP contribution in [-0.2, 0) is 11.8 Å². The number of carbonyl (C=O) groups is 1. The van der Waals surface area contributed by atoms with Gasteiger partial charge in [-0.05, 0) is 6.42 Å². The van der Waals surface area contributed by atoms with E-state index in [0.29, 0.717) is 12.2 Å². The number of anilines is 1. The lowest BCUT2D eigenvalue weighted by atomic mass is 10.1. The number of hydrogen-bond donors (Lipinski definition) is 2. The second kappa shape index (κ2) is 3.86. The summed E-state index contributed by atoms with van der Waals surface area (Å²) in [5.74, 6) is 0.562. The van der Waals surface area contributed by atoms with E-state index in [1.165, 1.54) is 0 Å². The maximum atomic E-state index is 11.8. The fourth-order valence-electron chi connectivity index (χ4n) is 1.64. The molecule has 0 bridgehead atoms. The number of nitrogens with zero attached hydrogens (tertiary/aromatic N) is 2. The first-order valence-electron chi connectivity index (χ1n) is 4.89. The minimum Gasteiger partial charge on any atom is -0.324 e. The van der Waals surface area contributed by atoms with Crippen LogP contribution in [0.2, 0.25) is 0 Å². The van der Waals surface area contributed by atoms with Gasteiger partial charge in [0, 0.05) is 19.2 Å². The first-order valence-corrected chi connectivity index (χ1v) is 4.89. The van der Waals surface area contributed by atoms with Crippen LogP contribution in [0.1, 0.15) is 6.42 Å². The Labute approximate surface area is 87.9 Å². The van der Waals surface area contributed by atoms with E-state index >= 15 is 0 Å². The van der Waals surface area contributed by atoms with E-state index in [2.05, 4.69) is 10.4 Å². The van der Waals surface area contributed by atoms with Crippen LogP contribution in [-0.4, -0.2) is 21.7 Å². The van der Waals surface area contributed by atoms with Crippen LogP contribution < -0.4 is 11.1 Å². The molecule has 1 aromatic heterocycles. The molecule has 1 heterocycles. The number of aryl methyl sites for hydroxylation is 1. The number of nitrogens with one attached hydrogen (secondary N) is 1. The van der Waals surface area contributed by atoms with Crippen molar-refractivity contribution in [1.29, 1.82) is 0 Å². The minimum atomic E-state index is -0.116. The third-order valence-electron chi connectivity index (χ3n) is 2.53. The first kappa shape index (κ1) is 9.92. The summed E-state index contributed by atoms with van der Waals surface area (Å²) < 4.78 is 1.62. The second-order valence-corrected chi connectivity index (χ2v) is 3.72. The summed E-state index contributed by atoms with van der Waals surface area (Å²) in [5, 5.41) is 6.78. The maximum Gasteiger partial charge on any atom is 0.232 e. The lowest BCUT2D eigenvalue weighted by Crippen LogP contribution is -2.24. The largest absolute Gasteiger partial charge is 0.324 e. The molecule has 0 aromatic carbocycles. The summed E-state index contributed by atoms with van der Waals surface area (Å²) in [4.78, 5) is 11.8. The molecule has 0 fully saturated rings. The van der Waals surface area contributed by atoms with Crippen molar-refractivity contribution < 1.29 is 4.79 Å². The summed E-state index contributed by atoms with van der Waals surface area (Å²) in [6.45, 7) is 0. The molecule has 0 radical (unpaired) electrons. The van der Waals surface area contributed by atoms with Gasteiger partial charge in [-0.1, -0.05) is 12.2 Å². The Kier molecular flexibility index (Phi) is 2.55. The Balaban J connectivity index is 1.99. The number of nitrogens with two attached hydrogens (primary N) is 1. The fraction of sp³-hybridized carbons (Fsp3) is 0.400. The summed E-state index contributed by atoms with van der Waals surface area (Å²) >= 11 is 0. The van der Waals surface area contributed by atoms with Crippen molar-refractivity contribution in [3.8, 4) is 0 Å². The van der Waals surface area contributed by atoms with Crippen molar-refractivity contribution >= 4 is 11.7 Å². The average molecular weight is 206 g/mol. The van der Waals surface area contributed by atoms with E-state index in [9.17, 15) is 4.79 Å². The van der Waals surface area contributed by atoms with Gasteiger partial charge in [-0.2, -0.15) is 5.10 Å². The average Bonchev–Trinajstić information content (AvgIpc) is 2.77. The highest BCUT2D eigenvalue weighted by Crippen LogP contribution is 2.18. The van der Waals surface area contributed by atoms with Gasteiger partial charge in [-0.15, -0.1) is 0 Å². The van der Waals surface area contributed by atoms with Gasteiger partial charge in [-0.3, -0.25) is 9.48 Å². The molecule has 2 unspecified atom stereocenters. The van der Waals surface area contributed by atoms with Crippen LogP contribution in [0.15, 0.2) is 24.4 Å². The summed E-state index contributed by atoms with van der Waals surface area (Å²) in [5.41, 5.74) is 5.68. The predicted octanol–water partition coefficient (Wildman–Crippen LogP) is 0.262. The zero-order valence-electron chi connectivity index (χ0n) is 8.55. The molecule has 15 heavy (non-hydrogen) atoms. The van der Waals surface area contributed by atoms with Crippen molar-refractivity contribution in [2.75, 3.05) is 5.32 Å². The minimum absolute atomic E-state index is 0.00675. The van der Waals surface area contributed by atoms with Crippen molar-refractivity contribution in [2.24, 2.45) is 18.7 Å². The molecule has 1 amide bonds. The van der Waals surface area contributed by atoms with E-state index < -0.39 is 0 Å². The molecule has 5 heteroatoms. The molecule has 80 valence electrons. The molecule has 0 spiro atoms. The Bertz CT molecular complexity index is 396. The monoisotopic (exact) mass is 206 g/mol. The highest BCUT2D eigenvalue weighted by Gasteiger charge is 2.23. The molecule has 3 N–H and O–H groups in total. The number of aromatic nitrogens is 2. The molecule has 5 nitrogen and oxygen atoms in total. The van der Waals surface area contributed by atoms with Gasteiger partial charge < -0.3 is 11.1 Å². The second-order valence-electron chi connectivity index (χ2n) is 3.72. The molecule has 0 aliphatic heterocycles. The van der Waals surface area contributed by atoms with Crippen molar-refractivity contribution in [3.63, 3.8) is 0 Å². The van der Waals surface area contributed by atoms with Crippen LogP contribution in [0.4, 0.5) is 5.82 Å². The molecule has 2 atom stereocenters. The summed E-state index contributed by atoms with van der Waals surface area (Å²) in [6, 6.07) is 1.77. The molecular formula is C10H14N4O. The van der Waals surface area contributed by atoms with Gasteiger partial charge in [0.1, 0.15) is 5.82 Å². The Morgan fingerprint density at radius 1 is 1.67 bits per heavy atom. The molecule has 0 saturated heterocycles. The number of amides is 1. The zero-order valence-corrected chi connectivity index (χ0v) is 8.55. The SMILES string of the molecule is Cn1nccc1NC(=O)C1C=CC(N)C1. The Morgan fingerprint density at radius 2 is 2.47 bits per heavy atom. The zero-order chi connectivity index (χ0) is 10.8. The quantitative estimate of drug-likeness (QED) is 0.682. The topological polar surface area (TPSA) is 72.9 Å². The summed E-state index contributed by atoms with van der Waals surface area (Å²) in [7, 11) is 1.78. The van der Waals surface area contributed by atoms with Gasteiger partial charge in [-0.25, -0.2) is 0 Å². The van der Waals surface area contributed by atoms with Crippen LogP contribution in [0.3, 0.4) is 0 Å². The number of carbonyl (C=O) groups excluding carboxylic acids is 1.